The first kappa shape index (κ1) is 14.2. The number of nitrogens with zero attached hydrogens (tertiary/aromatic N) is 1. The molecule has 0 aliphatic heterocycles. The van der Waals surface area contributed by atoms with Gasteiger partial charge in [0.1, 0.15) is 11.6 Å². The zero-order valence-corrected chi connectivity index (χ0v) is 11.5. The summed E-state index contributed by atoms with van der Waals surface area (Å²) in [7, 11) is -2.28. The highest BCUT2D eigenvalue weighted by Gasteiger charge is 2.11. The Morgan fingerprint density at radius 2 is 1.65 bits per heavy atom. The number of sulfonamides is 1. The third kappa shape index (κ3) is 3.42. The molecule has 0 radical (unpaired) electrons. The van der Waals surface area contributed by atoms with Gasteiger partial charge in [-0.2, -0.15) is 12.8 Å². The van der Waals surface area contributed by atoms with Crippen molar-refractivity contribution >= 4 is 16.2 Å². The molecule has 0 unspecified atom stereocenters. The topological polar surface area (TPSA) is 55.7 Å². The Balaban J connectivity index is 2.23. The number of benzene rings is 2. The van der Waals surface area contributed by atoms with Gasteiger partial charge in [0, 0.05) is 6.21 Å². The molecule has 6 heteroatoms. The fourth-order valence-electron chi connectivity index (χ4n) is 1.49. The zero-order valence-electron chi connectivity index (χ0n) is 10.7. The van der Waals surface area contributed by atoms with E-state index < -0.39 is 10.0 Å². The Morgan fingerprint density at radius 3 is 2.20 bits per heavy atom. The highest BCUT2D eigenvalue weighted by atomic mass is 32.2. The van der Waals surface area contributed by atoms with Crippen LogP contribution < -0.4 is 4.74 Å². The Labute approximate surface area is 116 Å². The van der Waals surface area contributed by atoms with Gasteiger partial charge in [-0.3, -0.25) is 0 Å². The molecule has 0 bridgehead atoms. The van der Waals surface area contributed by atoms with Crippen LogP contribution in [0.2, 0.25) is 0 Å². The number of hydrogen-bond acceptors (Lipinski definition) is 3. The molecule has 0 spiro atoms. The minimum atomic E-state index is -3.77. The maximum atomic E-state index is 12.7. The highest BCUT2D eigenvalue weighted by molar-refractivity contribution is 7.90. The van der Waals surface area contributed by atoms with E-state index in [-0.39, 0.29) is 10.7 Å². The second-order valence-electron chi connectivity index (χ2n) is 3.94. The van der Waals surface area contributed by atoms with E-state index in [1.54, 1.807) is 12.1 Å². The van der Waals surface area contributed by atoms with Crippen LogP contribution in [0.15, 0.2) is 57.8 Å². The third-order valence-corrected chi connectivity index (χ3v) is 3.82. The SMILES string of the molecule is COc1ccc(S(=O)(=O)/N=C/c2ccc(F)cc2)cc1. The molecule has 20 heavy (non-hydrogen) atoms. The summed E-state index contributed by atoms with van der Waals surface area (Å²) in [5.74, 6) is 0.173. The van der Waals surface area contributed by atoms with Gasteiger partial charge in [-0.15, -0.1) is 0 Å². The summed E-state index contributed by atoms with van der Waals surface area (Å²) in [6.07, 6.45) is 1.18. The van der Waals surface area contributed by atoms with Gasteiger partial charge in [0.25, 0.3) is 10.0 Å². The summed E-state index contributed by atoms with van der Waals surface area (Å²) >= 11 is 0. The van der Waals surface area contributed by atoms with Crippen molar-refractivity contribution < 1.29 is 17.5 Å². The van der Waals surface area contributed by atoms with Crippen LogP contribution in [0.3, 0.4) is 0 Å². The van der Waals surface area contributed by atoms with Gasteiger partial charge in [-0.05, 0) is 42.0 Å². The fourth-order valence-corrected chi connectivity index (χ4v) is 2.35. The molecule has 2 aromatic carbocycles. The molecule has 0 aliphatic rings. The Bertz CT molecular complexity index is 707. The van der Waals surface area contributed by atoms with Crippen molar-refractivity contribution in [3.8, 4) is 5.75 Å². The van der Waals surface area contributed by atoms with Crippen LogP contribution in [0.5, 0.6) is 5.75 Å². The van der Waals surface area contributed by atoms with Gasteiger partial charge in [0.2, 0.25) is 0 Å². The minimum absolute atomic E-state index is 0.0664. The van der Waals surface area contributed by atoms with Crippen molar-refractivity contribution in [3.05, 3.63) is 59.9 Å². The maximum absolute atomic E-state index is 12.7. The van der Waals surface area contributed by atoms with E-state index in [2.05, 4.69) is 4.40 Å². The molecular weight excluding hydrogens is 281 g/mol. The second kappa shape index (κ2) is 5.83. The lowest BCUT2D eigenvalue weighted by Gasteiger charge is -2.01. The van der Waals surface area contributed by atoms with Crippen molar-refractivity contribution in [2.24, 2.45) is 4.40 Å². The molecule has 0 fully saturated rings. The van der Waals surface area contributed by atoms with E-state index in [1.807, 2.05) is 0 Å². The summed E-state index contributed by atoms with van der Waals surface area (Å²) in [4.78, 5) is 0.0664. The first-order chi connectivity index (χ1) is 9.51. The molecule has 0 N–H and O–H groups in total. The van der Waals surface area contributed by atoms with Crippen molar-refractivity contribution in [1.82, 2.24) is 0 Å². The van der Waals surface area contributed by atoms with E-state index in [9.17, 15) is 12.8 Å². The standard InChI is InChI=1S/C14H12FNO3S/c1-19-13-6-8-14(9-7-13)20(17,18)16-10-11-2-4-12(15)5-3-11/h2-10H,1H3/b16-10+. The van der Waals surface area contributed by atoms with Crippen molar-refractivity contribution in [3.63, 3.8) is 0 Å². The largest absolute Gasteiger partial charge is 0.497 e. The third-order valence-electron chi connectivity index (χ3n) is 2.57. The molecule has 0 heterocycles. The monoisotopic (exact) mass is 293 g/mol. The molecule has 0 atom stereocenters. The van der Waals surface area contributed by atoms with Gasteiger partial charge >= 0.3 is 0 Å². The molecule has 0 amide bonds. The average Bonchev–Trinajstić information content (AvgIpc) is 2.47. The molecule has 0 saturated carbocycles. The van der Waals surface area contributed by atoms with Crippen LogP contribution in [-0.2, 0) is 10.0 Å². The Morgan fingerprint density at radius 1 is 1.05 bits per heavy atom. The number of ether oxygens (including phenoxy) is 1. The fraction of sp³-hybridized carbons (Fsp3) is 0.0714. The predicted molar refractivity (Wildman–Crippen MR) is 74.2 cm³/mol. The van der Waals surface area contributed by atoms with Crippen LogP contribution >= 0.6 is 0 Å². The first-order valence-electron chi connectivity index (χ1n) is 5.71. The molecule has 0 aromatic heterocycles. The molecule has 4 nitrogen and oxygen atoms in total. The Kier molecular flexibility index (Phi) is 4.14. The normalized spacial score (nSPS) is 11.7. The van der Waals surface area contributed by atoms with Crippen LogP contribution in [0, 0.1) is 5.82 Å². The van der Waals surface area contributed by atoms with Gasteiger partial charge in [0.15, 0.2) is 0 Å². The molecule has 104 valence electrons. The van der Waals surface area contributed by atoms with Crippen LogP contribution in [0.25, 0.3) is 0 Å². The Hall–Kier alpha value is -2.21. The number of hydrogen-bond donors (Lipinski definition) is 0. The molecule has 2 aromatic rings. The lowest BCUT2D eigenvalue weighted by molar-refractivity contribution is 0.414. The quantitative estimate of drug-likeness (QED) is 0.814. The van der Waals surface area contributed by atoms with E-state index in [0.717, 1.165) is 0 Å². The molecular formula is C14H12FNO3S. The van der Waals surface area contributed by atoms with Crippen LogP contribution in [-0.4, -0.2) is 21.7 Å². The van der Waals surface area contributed by atoms with E-state index in [4.69, 9.17) is 4.74 Å². The smallest absolute Gasteiger partial charge is 0.282 e. The zero-order chi connectivity index (χ0) is 14.6. The summed E-state index contributed by atoms with van der Waals surface area (Å²) in [6.45, 7) is 0. The summed E-state index contributed by atoms with van der Waals surface area (Å²) < 4.78 is 45.2. The minimum Gasteiger partial charge on any atom is -0.497 e. The van der Waals surface area contributed by atoms with Gasteiger partial charge < -0.3 is 4.74 Å². The van der Waals surface area contributed by atoms with Crippen LogP contribution in [0.4, 0.5) is 4.39 Å². The van der Waals surface area contributed by atoms with Crippen molar-refractivity contribution in [1.29, 1.82) is 0 Å². The maximum Gasteiger partial charge on any atom is 0.282 e. The molecule has 0 aliphatic carbocycles. The lowest BCUT2D eigenvalue weighted by Crippen LogP contribution is -1.98. The number of halogens is 1. The second-order valence-corrected chi connectivity index (χ2v) is 5.57. The van der Waals surface area contributed by atoms with Crippen molar-refractivity contribution in [2.45, 2.75) is 4.90 Å². The summed E-state index contributed by atoms with van der Waals surface area (Å²) in [6, 6.07) is 11.3. The first-order valence-corrected chi connectivity index (χ1v) is 7.15. The van der Waals surface area contributed by atoms with Gasteiger partial charge in [0.05, 0.1) is 12.0 Å². The molecule has 2 rings (SSSR count). The molecule has 0 saturated heterocycles. The lowest BCUT2D eigenvalue weighted by atomic mass is 10.2. The van der Waals surface area contributed by atoms with Gasteiger partial charge in [-0.25, -0.2) is 4.39 Å². The van der Waals surface area contributed by atoms with Crippen molar-refractivity contribution in [2.75, 3.05) is 7.11 Å². The van der Waals surface area contributed by atoms with Crippen LogP contribution in [0.1, 0.15) is 5.56 Å². The number of rotatable bonds is 4. The summed E-state index contributed by atoms with van der Waals surface area (Å²) in [5.41, 5.74) is 0.503. The predicted octanol–water partition coefficient (Wildman–Crippen LogP) is 2.64. The van der Waals surface area contributed by atoms with E-state index in [0.29, 0.717) is 11.3 Å². The van der Waals surface area contributed by atoms with E-state index >= 15 is 0 Å². The highest BCUT2D eigenvalue weighted by Crippen LogP contribution is 2.17. The van der Waals surface area contributed by atoms with E-state index in [1.165, 1.54) is 49.7 Å². The summed E-state index contributed by atoms with van der Waals surface area (Å²) in [5, 5.41) is 0. The number of methoxy groups -OCH3 is 1. The van der Waals surface area contributed by atoms with Gasteiger partial charge in [-0.1, -0.05) is 12.1 Å². The average molecular weight is 293 g/mol.